The van der Waals surface area contributed by atoms with E-state index in [1.54, 1.807) is 36.4 Å². The Balaban J connectivity index is 2.73. The lowest BCUT2D eigenvalue weighted by atomic mass is 10.2. The van der Waals surface area contributed by atoms with Crippen LogP contribution >= 0.6 is 0 Å². The monoisotopic (exact) mass is 380 g/mol. The van der Waals surface area contributed by atoms with Crippen LogP contribution in [0, 0.1) is 11.8 Å². The van der Waals surface area contributed by atoms with Crippen molar-refractivity contribution in [3.8, 4) is 11.8 Å². The fourth-order valence-electron chi connectivity index (χ4n) is 2.03. The molecule has 136 valence electrons. The van der Waals surface area contributed by atoms with Gasteiger partial charge in [-0.15, -0.1) is 0 Å². The number of rotatable bonds is 4. The molecule has 0 bridgehead atoms. The number of sulfone groups is 1. The molecule has 0 fully saturated rings. The highest BCUT2D eigenvalue weighted by molar-refractivity contribution is 7.95. The van der Waals surface area contributed by atoms with Gasteiger partial charge in [-0.2, -0.15) is 13.2 Å². The number of benzene rings is 2. The van der Waals surface area contributed by atoms with Crippen molar-refractivity contribution in [1.29, 1.82) is 0 Å². The molecular weight excluding hydrogens is 365 g/mol. The molecule has 0 saturated carbocycles. The predicted molar refractivity (Wildman–Crippen MR) is 91.7 cm³/mol. The number of allylic oxidation sites excluding steroid dienone is 2. The van der Waals surface area contributed by atoms with E-state index in [0.29, 0.717) is 5.56 Å². The average Bonchev–Trinajstić information content (AvgIpc) is 2.61. The Labute approximate surface area is 150 Å². The van der Waals surface area contributed by atoms with Crippen LogP contribution in [0.25, 0.3) is 0 Å². The second kappa shape index (κ2) is 8.11. The second-order valence-corrected chi connectivity index (χ2v) is 6.91. The molecule has 0 amide bonds. The summed E-state index contributed by atoms with van der Waals surface area (Å²) in [6.45, 7) is 0.985. The zero-order valence-corrected chi connectivity index (χ0v) is 14.6. The molecule has 0 aliphatic heterocycles. The molecule has 0 radical (unpaired) electrons. The molecule has 7 heteroatoms. The van der Waals surface area contributed by atoms with E-state index in [0.717, 1.165) is 0 Å². The first-order valence-electron chi connectivity index (χ1n) is 7.58. The van der Waals surface area contributed by atoms with Crippen molar-refractivity contribution >= 4 is 9.84 Å². The highest BCUT2D eigenvalue weighted by atomic mass is 32.2. The Morgan fingerprint density at radius 2 is 1.54 bits per heavy atom. The SMILES string of the molecule is CCO/C(=C(\C#Cc1ccccc1)S(=O)(=O)c1ccccc1)C(F)(F)F. The molecule has 0 unspecified atom stereocenters. The van der Waals surface area contributed by atoms with Gasteiger partial charge in [-0.05, 0) is 37.1 Å². The third-order valence-electron chi connectivity index (χ3n) is 3.17. The van der Waals surface area contributed by atoms with Crippen LogP contribution in [0.4, 0.5) is 13.2 Å². The quantitative estimate of drug-likeness (QED) is 0.586. The first kappa shape index (κ1) is 19.6. The Hall–Kier alpha value is -2.72. The van der Waals surface area contributed by atoms with Gasteiger partial charge in [-0.3, -0.25) is 0 Å². The van der Waals surface area contributed by atoms with Gasteiger partial charge in [0.1, 0.15) is 0 Å². The normalized spacial score (nSPS) is 12.6. The molecule has 26 heavy (non-hydrogen) atoms. The van der Waals surface area contributed by atoms with E-state index in [4.69, 9.17) is 0 Å². The Kier molecular flexibility index (Phi) is 6.11. The maximum absolute atomic E-state index is 13.4. The van der Waals surface area contributed by atoms with Gasteiger partial charge in [0, 0.05) is 5.56 Å². The van der Waals surface area contributed by atoms with Gasteiger partial charge in [-0.25, -0.2) is 8.42 Å². The molecule has 0 heterocycles. The van der Waals surface area contributed by atoms with Crippen LogP contribution in [-0.2, 0) is 14.6 Å². The average molecular weight is 380 g/mol. The van der Waals surface area contributed by atoms with Crippen LogP contribution in [0.3, 0.4) is 0 Å². The zero-order chi connectivity index (χ0) is 19.2. The lowest BCUT2D eigenvalue weighted by Gasteiger charge is -2.15. The van der Waals surface area contributed by atoms with Crippen LogP contribution < -0.4 is 0 Å². The number of ether oxygens (including phenoxy) is 1. The van der Waals surface area contributed by atoms with Crippen LogP contribution in [0.1, 0.15) is 12.5 Å². The summed E-state index contributed by atoms with van der Waals surface area (Å²) in [6.07, 6.45) is -5.00. The lowest BCUT2D eigenvalue weighted by Crippen LogP contribution is -2.20. The minimum absolute atomic E-state index is 0.293. The van der Waals surface area contributed by atoms with Crippen molar-refractivity contribution in [2.45, 2.75) is 18.0 Å². The standard InChI is InChI=1S/C19H15F3O3S/c1-2-25-18(19(20,21)22)17(14-13-15-9-5-3-6-10-15)26(23,24)16-11-7-4-8-12-16/h3-12H,2H2,1H3/b18-17+. The molecule has 3 nitrogen and oxygen atoms in total. The zero-order valence-electron chi connectivity index (χ0n) is 13.7. The summed E-state index contributed by atoms with van der Waals surface area (Å²) < 4.78 is 70.4. The number of alkyl halides is 3. The van der Waals surface area contributed by atoms with Gasteiger partial charge in [-0.1, -0.05) is 42.3 Å². The van der Waals surface area contributed by atoms with Crippen molar-refractivity contribution in [2.24, 2.45) is 0 Å². The van der Waals surface area contributed by atoms with Crippen molar-refractivity contribution in [3.05, 3.63) is 76.9 Å². The van der Waals surface area contributed by atoms with Crippen molar-refractivity contribution in [3.63, 3.8) is 0 Å². The van der Waals surface area contributed by atoms with Gasteiger partial charge in [0.25, 0.3) is 0 Å². The fraction of sp³-hybridized carbons (Fsp3) is 0.158. The Morgan fingerprint density at radius 1 is 1.00 bits per heavy atom. The molecule has 0 aromatic heterocycles. The summed E-state index contributed by atoms with van der Waals surface area (Å²) in [4.78, 5) is -1.40. The van der Waals surface area contributed by atoms with Crippen molar-refractivity contribution in [1.82, 2.24) is 0 Å². The van der Waals surface area contributed by atoms with E-state index in [9.17, 15) is 21.6 Å². The Morgan fingerprint density at radius 3 is 2.04 bits per heavy atom. The van der Waals surface area contributed by atoms with Crippen molar-refractivity contribution in [2.75, 3.05) is 6.61 Å². The molecule has 2 aromatic carbocycles. The first-order valence-corrected chi connectivity index (χ1v) is 9.06. The molecule has 0 saturated heterocycles. The first-order chi connectivity index (χ1) is 12.3. The van der Waals surface area contributed by atoms with Gasteiger partial charge < -0.3 is 4.74 Å². The summed E-state index contributed by atoms with van der Waals surface area (Å²) in [5.74, 6) is 3.01. The maximum Gasteiger partial charge on any atom is 0.451 e. The second-order valence-electron chi connectivity index (χ2n) is 5.02. The smallest absolute Gasteiger partial charge is 0.451 e. The molecule has 2 aromatic rings. The van der Waals surface area contributed by atoms with Crippen LogP contribution in [-0.4, -0.2) is 21.2 Å². The maximum atomic E-state index is 13.4. The fourth-order valence-corrected chi connectivity index (χ4v) is 3.39. The van der Waals surface area contributed by atoms with E-state index in [2.05, 4.69) is 16.6 Å². The Bertz CT molecular complexity index is 936. The van der Waals surface area contributed by atoms with E-state index in [-0.39, 0.29) is 11.5 Å². The van der Waals surface area contributed by atoms with Gasteiger partial charge in [0.05, 0.1) is 11.5 Å². The van der Waals surface area contributed by atoms with E-state index in [1.165, 1.54) is 31.2 Å². The van der Waals surface area contributed by atoms with Gasteiger partial charge in [0.2, 0.25) is 15.6 Å². The minimum Gasteiger partial charge on any atom is -0.488 e. The van der Waals surface area contributed by atoms with Gasteiger partial charge in [0.15, 0.2) is 4.91 Å². The summed E-state index contributed by atoms with van der Waals surface area (Å²) >= 11 is 0. The van der Waals surface area contributed by atoms with Crippen LogP contribution in [0.15, 0.2) is 76.2 Å². The third kappa shape index (κ3) is 4.67. The molecule has 2 rings (SSSR count). The van der Waals surface area contributed by atoms with E-state index < -0.39 is 26.7 Å². The largest absolute Gasteiger partial charge is 0.488 e. The highest BCUT2D eigenvalue weighted by Gasteiger charge is 2.42. The molecule has 0 aliphatic carbocycles. The minimum atomic E-state index is -5.00. The summed E-state index contributed by atoms with van der Waals surface area (Å²) in [6, 6.07) is 14.9. The van der Waals surface area contributed by atoms with Gasteiger partial charge >= 0.3 is 6.18 Å². The predicted octanol–water partition coefficient (Wildman–Crippen LogP) is 4.32. The van der Waals surface area contributed by atoms with Crippen LogP contribution in [0.5, 0.6) is 0 Å². The molecule has 0 atom stereocenters. The van der Waals surface area contributed by atoms with E-state index in [1.807, 2.05) is 0 Å². The lowest BCUT2D eigenvalue weighted by molar-refractivity contribution is -0.130. The molecule has 0 aliphatic rings. The summed E-state index contributed by atoms with van der Waals surface area (Å²) in [5.41, 5.74) is 0.381. The highest BCUT2D eigenvalue weighted by Crippen LogP contribution is 2.33. The summed E-state index contributed by atoms with van der Waals surface area (Å²) in [7, 11) is -4.51. The van der Waals surface area contributed by atoms with E-state index >= 15 is 0 Å². The van der Waals surface area contributed by atoms with Crippen molar-refractivity contribution < 1.29 is 26.3 Å². The molecule has 0 N–H and O–H groups in total. The topological polar surface area (TPSA) is 43.4 Å². The number of hydrogen-bond donors (Lipinski definition) is 0. The third-order valence-corrected chi connectivity index (χ3v) is 4.89. The number of halogens is 3. The number of hydrogen-bond acceptors (Lipinski definition) is 3. The summed E-state index contributed by atoms with van der Waals surface area (Å²) in [5, 5.41) is 0. The molecular formula is C19H15F3O3S. The van der Waals surface area contributed by atoms with Crippen LogP contribution in [0.2, 0.25) is 0 Å². The molecule has 0 spiro atoms.